The molecule has 1 fully saturated rings. The van der Waals surface area contributed by atoms with Crippen LogP contribution in [-0.2, 0) is 9.53 Å². The summed E-state index contributed by atoms with van der Waals surface area (Å²) in [5, 5.41) is 0. The van der Waals surface area contributed by atoms with Crippen LogP contribution in [0.25, 0.3) is 0 Å². The highest BCUT2D eigenvalue weighted by atomic mass is 79.9. The number of ether oxygens (including phenoxy) is 1. The first-order chi connectivity index (χ1) is 6.46. The van der Waals surface area contributed by atoms with Gasteiger partial charge in [-0.05, 0) is 26.7 Å². The number of likely N-dealkylation sites (tertiary alicyclic amines) is 1. The van der Waals surface area contributed by atoms with Gasteiger partial charge in [0.1, 0.15) is 0 Å². The van der Waals surface area contributed by atoms with Gasteiger partial charge in [-0.15, -0.1) is 0 Å². The van der Waals surface area contributed by atoms with Gasteiger partial charge in [0.05, 0.1) is 10.4 Å². The Bertz CT molecular complexity index is 218. The summed E-state index contributed by atoms with van der Waals surface area (Å²) in [5.41, 5.74) is -0.250. The van der Waals surface area contributed by atoms with Crippen LogP contribution in [0.2, 0.25) is 0 Å². The Morgan fingerprint density at radius 3 is 2.86 bits per heavy atom. The second kappa shape index (κ2) is 4.62. The third-order valence-electron chi connectivity index (χ3n) is 2.59. The van der Waals surface area contributed by atoms with Crippen LogP contribution in [-0.4, -0.2) is 41.4 Å². The molecule has 1 unspecified atom stereocenters. The minimum Gasteiger partial charge on any atom is -0.377 e. The quantitative estimate of drug-likeness (QED) is 0.727. The van der Waals surface area contributed by atoms with Crippen LogP contribution in [0.15, 0.2) is 0 Å². The van der Waals surface area contributed by atoms with E-state index >= 15 is 0 Å². The number of piperidine rings is 1. The zero-order valence-corrected chi connectivity index (χ0v) is 10.6. The Hall–Kier alpha value is -0.0900. The summed E-state index contributed by atoms with van der Waals surface area (Å²) in [4.78, 5) is 13.6. The standard InChI is InChI=1S/C10H18BrNO2/c1-10(2,14-3)7-12-6-4-5-8(11)9(12)13/h8H,4-7H2,1-3H3. The topological polar surface area (TPSA) is 29.5 Å². The Kier molecular flexibility index (Phi) is 3.95. The van der Waals surface area contributed by atoms with E-state index in [9.17, 15) is 4.79 Å². The number of amides is 1. The number of methoxy groups -OCH3 is 1. The number of nitrogens with zero attached hydrogens (tertiary/aromatic N) is 1. The van der Waals surface area contributed by atoms with Gasteiger partial charge in [0, 0.05) is 20.2 Å². The Morgan fingerprint density at radius 1 is 1.64 bits per heavy atom. The summed E-state index contributed by atoms with van der Waals surface area (Å²) in [7, 11) is 1.68. The van der Waals surface area contributed by atoms with E-state index in [1.54, 1.807) is 7.11 Å². The Balaban J connectivity index is 2.55. The lowest BCUT2D eigenvalue weighted by Crippen LogP contribution is -2.48. The molecule has 0 spiro atoms. The Labute approximate surface area is 93.9 Å². The number of hydrogen-bond donors (Lipinski definition) is 0. The molecule has 1 saturated heterocycles. The smallest absolute Gasteiger partial charge is 0.236 e. The maximum atomic E-state index is 11.7. The summed E-state index contributed by atoms with van der Waals surface area (Å²) < 4.78 is 5.31. The number of carbonyl (C=O) groups is 1. The van der Waals surface area contributed by atoms with E-state index in [1.165, 1.54) is 0 Å². The van der Waals surface area contributed by atoms with Crippen LogP contribution in [0.4, 0.5) is 0 Å². The number of halogens is 1. The molecular weight excluding hydrogens is 246 g/mol. The van der Waals surface area contributed by atoms with Gasteiger partial charge < -0.3 is 9.64 Å². The highest BCUT2D eigenvalue weighted by Crippen LogP contribution is 2.21. The number of rotatable bonds is 3. The van der Waals surface area contributed by atoms with E-state index in [1.807, 2.05) is 18.7 Å². The summed E-state index contributed by atoms with van der Waals surface area (Å²) in [6.07, 6.45) is 2.02. The molecule has 1 atom stereocenters. The van der Waals surface area contributed by atoms with Gasteiger partial charge in [-0.25, -0.2) is 0 Å². The fraction of sp³-hybridized carbons (Fsp3) is 0.900. The fourth-order valence-electron chi connectivity index (χ4n) is 1.57. The van der Waals surface area contributed by atoms with Crippen LogP contribution in [0.3, 0.4) is 0 Å². The molecule has 1 amide bonds. The minimum atomic E-state index is -0.250. The first kappa shape index (κ1) is 12.0. The summed E-state index contributed by atoms with van der Waals surface area (Å²) in [5.74, 6) is 0.196. The number of alkyl halides is 1. The average Bonchev–Trinajstić information content (AvgIpc) is 2.13. The molecule has 0 saturated carbocycles. The molecule has 0 radical (unpaired) electrons. The van der Waals surface area contributed by atoms with E-state index in [2.05, 4.69) is 15.9 Å². The van der Waals surface area contributed by atoms with Gasteiger partial charge >= 0.3 is 0 Å². The molecule has 0 aromatic carbocycles. The van der Waals surface area contributed by atoms with E-state index in [0.717, 1.165) is 19.4 Å². The normalized spacial score (nSPS) is 24.1. The van der Waals surface area contributed by atoms with E-state index in [0.29, 0.717) is 6.54 Å². The van der Waals surface area contributed by atoms with Gasteiger partial charge in [-0.2, -0.15) is 0 Å². The van der Waals surface area contributed by atoms with Crippen LogP contribution < -0.4 is 0 Å². The molecule has 0 N–H and O–H groups in total. The largest absolute Gasteiger partial charge is 0.377 e. The predicted octanol–water partition coefficient (Wildman–Crippen LogP) is 1.80. The molecule has 0 bridgehead atoms. The summed E-state index contributed by atoms with van der Waals surface area (Å²) >= 11 is 3.39. The van der Waals surface area contributed by atoms with Crippen molar-refractivity contribution < 1.29 is 9.53 Å². The van der Waals surface area contributed by atoms with E-state index in [-0.39, 0.29) is 16.3 Å². The van der Waals surface area contributed by atoms with Crippen LogP contribution in [0.5, 0.6) is 0 Å². The summed E-state index contributed by atoms with van der Waals surface area (Å²) in [6.45, 7) is 5.52. The van der Waals surface area contributed by atoms with E-state index < -0.39 is 0 Å². The van der Waals surface area contributed by atoms with Crippen molar-refractivity contribution >= 4 is 21.8 Å². The first-order valence-corrected chi connectivity index (χ1v) is 5.86. The molecule has 1 aliphatic heterocycles. The lowest BCUT2D eigenvalue weighted by molar-refractivity contribution is -0.136. The molecule has 4 heteroatoms. The van der Waals surface area contributed by atoms with Crippen LogP contribution >= 0.6 is 15.9 Å². The molecule has 0 aromatic heterocycles. The lowest BCUT2D eigenvalue weighted by Gasteiger charge is -2.35. The summed E-state index contributed by atoms with van der Waals surface area (Å²) in [6, 6.07) is 0. The average molecular weight is 264 g/mol. The van der Waals surface area contributed by atoms with Crippen molar-refractivity contribution in [2.24, 2.45) is 0 Å². The van der Waals surface area contributed by atoms with Crippen LogP contribution in [0.1, 0.15) is 26.7 Å². The number of hydrogen-bond acceptors (Lipinski definition) is 2. The lowest BCUT2D eigenvalue weighted by atomic mass is 10.1. The maximum absolute atomic E-state index is 11.7. The second-order valence-corrected chi connectivity index (χ2v) is 5.44. The second-order valence-electron chi connectivity index (χ2n) is 4.33. The van der Waals surface area contributed by atoms with E-state index in [4.69, 9.17) is 4.74 Å². The Morgan fingerprint density at radius 2 is 2.29 bits per heavy atom. The molecule has 82 valence electrons. The monoisotopic (exact) mass is 263 g/mol. The third kappa shape index (κ3) is 2.95. The van der Waals surface area contributed by atoms with Crippen molar-refractivity contribution in [2.45, 2.75) is 37.1 Å². The first-order valence-electron chi connectivity index (χ1n) is 4.94. The van der Waals surface area contributed by atoms with Gasteiger partial charge in [0.25, 0.3) is 0 Å². The van der Waals surface area contributed by atoms with Crippen molar-refractivity contribution in [3.05, 3.63) is 0 Å². The zero-order chi connectivity index (χ0) is 10.8. The zero-order valence-electron chi connectivity index (χ0n) is 9.05. The SMILES string of the molecule is COC(C)(C)CN1CCCC(Br)C1=O. The fourth-order valence-corrected chi connectivity index (χ4v) is 2.19. The van der Waals surface area contributed by atoms with Gasteiger partial charge in [0.15, 0.2) is 0 Å². The van der Waals surface area contributed by atoms with Crippen molar-refractivity contribution in [3.8, 4) is 0 Å². The van der Waals surface area contributed by atoms with Crippen molar-refractivity contribution in [1.82, 2.24) is 4.90 Å². The molecule has 0 aliphatic carbocycles. The third-order valence-corrected chi connectivity index (χ3v) is 3.44. The van der Waals surface area contributed by atoms with Gasteiger partial charge in [0.2, 0.25) is 5.91 Å². The molecule has 1 heterocycles. The molecule has 14 heavy (non-hydrogen) atoms. The van der Waals surface area contributed by atoms with Crippen molar-refractivity contribution in [2.75, 3.05) is 20.2 Å². The van der Waals surface area contributed by atoms with Gasteiger partial charge in [-0.3, -0.25) is 4.79 Å². The highest BCUT2D eigenvalue weighted by Gasteiger charge is 2.30. The molecule has 0 aromatic rings. The van der Waals surface area contributed by atoms with Crippen molar-refractivity contribution in [3.63, 3.8) is 0 Å². The predicted molar refractivity (Wildman–Crippen MR) is 59.6 cm³/mol. The molecule has 3 nitrogen and oxygen atoms in total. The maximum Gasteiger partial charge on any atom is 0.236 e. The molecule has 1 rings (SSSR count). The minimum absolute atomic E-state index is 0.00362. The van der Waals surface area contributed by atoms with Crippen molar-refractivity contribution in [1.29, 1.82) is 0 Å². The van der Waals surface area contributed by atoms with Gasteiger partial charge in [-0.1, -0.05) is 15.9 Å². The van der Waals surface area contributed by atoms with Crippen LogP contribution in [0, 0.1) is 0 Å². The number of carbonyl (C=O) groups excluding carboxylic acids is 1. The highest BCUT2D eigenvalue weighted by molar-refractivity contribution is 9.10. The molecular formula is C10H18BrNO2. The molecule has 1 aliphatic rings.